The SMILES string of the molecule is O=S(=O)(/C=C/c1ccccc1)NC(c1ccccc1)c1ccccc1. The second-order valence-corrected chi connectivity index (χ2v) is 7.23. The molecule has 0 aliphatic rings. The van der Waals surface area contributed by atoms with E-state index in [1.807, 2.05) is 91.0 Å². The minimum absolute atomic E-state index is 0.437. The van der Waals surface area contributed by atoms with Gasteiger partial charge in [-0.3, -0.25) is 0 Å². The van der Waals surface area contributed by atoms with Crippen molar-refractivity contribution < 1.29 is 8.42 Å². The quantitative estimate of drug-likeness (QED) is 0.718. The molecular formula is C21H19NO2S. The van der Waals surface area contributed by atoms with Crippen LogP contribution in [0.15, 0.2) is 96.4 Å². The minimum Gasteiger partial charge on any atom is -0.208 e. The number of sulfonamides is 1. The Morgan fingerprint density at radius 3 is 1.60 bits per heavy atom. The van der Waals surface area contributed by atoms with Crippen molar-refractivity contribution in [2.75, 3.05) is 0 Å². The van der Waals surface area contributed by atoms with Gasteiger partial charge in [-0.25, -0.2) is 8.42 Å². The van der Waals surface area contributed by atoms with Gasteiger partial charge in [0.1, 0.15) is 0 Å². The van der Waals surface area contributed by atoms with Gasteiger partial charge in [0.15, 0.2) is 0 Å². The summed E-state index contributed by atoms with van der Waals surface area (Å²) >= 11 is 0. The molecule has 0 aromatic heterocycles. The van der Waals surface area contributed by atoms with E-state index in [-0.39, 0.29) is 0 Å². The normalized spacial score (nSPS) is 11.9. The average Bonchev–Trinajstić information content (AvgIpc) is 2.67. The van der Waals surface area contributed by atoms with E-state index < -0.39 is 16.1 Å². The third-order valence-electron chi connectivity index (χ3n) is 3.79. The molecule has 25 heavy (non-hydrogen) atoms. The van der Waals surface area contributed by atoms with Crippen LogP contribution in [0.25, 0.3) is 6.08 Å². The molecule has 0 bridgehead atoms. The molecule has 0 heterocycles. The van der Waals surface area contributed by atoms with Gasteiger partial charge < -0.3 is 0 Å². The Morgan fingerprint density at radius 2 is 1.12 bits per heavy atom. The Morgan fingerprint density at radius 1 is 0.680 bits per heavy atom. The summed E-state index contributed by atoms with van der Waals surface area (Å²) in [6.45, 7) is 0. The first kappa shape index (κ1) is 17.1. The summed E-state index contributed by atoms with van der Waals surface area (Å²) in [5.74, 6) is 0. The Labute approximate surface area is 148 Å². The van der Waals surface area contributed by atoms with Crippen LogP contribution in [0.4, 0.5) is 0 Å². The highest BCUT2D eigenvalue weighted by Gasteiger charge is 2.19. The van der Waals surface area contributed by atoms with E-state index >= 15 is 0 Å². The molecule has 3 nitrogen and oxygen atoms in total. The van der Waals surface area contributed by atoms with Crippen LogP contribution in [0.5, 0.6) is 0 Å². The van der Waals surface area contributed by atoms with Crippen molar-refractivity contribution in [2.45, 2.75) is 6.04 Å². The first-order valence-electron chi connectivity index (χ1n) is 7.99. The maximum Gasteiger partial charge on any atom is 0.234 e. The van der Waals surface area contributed by atoms with Crippen molar-refractivity contribution in [3.63, 3.8) is 0 Å². The zero-order valence-electron chi connectivity index (χ0n) is 13.6. The average molecular weight is 349 g/mol. The summed E-state index contributed by atoms with van der Waals surface area (Å²) < 4.78 is 27.9. The van der Waals surface area contributed by atoms with Gasteiger partial charge in [-0.05, 0) is 22.8 Å². The van der Waals surface area contributed by atoms with Crippen molar-refractivity contribution in [3.05, 3.63) is 113 Å². The third kappa shape index (κ3) is 4.89. The van der Waals surface area contributed by atoms with Crippen molar-refractivity contribution in [1.29, 1.82) is 0 Å². The summed E-state index contributed by atoms with van der Waals surface area (Å²) in [6.07, 6.45) is 1.59. The Kier molecular flexibility index (Phi) is 5.43. The lowest BCUT2D eigenvalue weighted by atomic mass is 10.00. The standard InChI is InChI=1S/C21H19NO2S/c23-25(24,17-16-18-10-4-1-5-11-18)22-21(19-12-6-2-7-13-19)20-14-8-3-9-15-20/h1-17,21-22H/b17-16+. The zero-order valence-corrected chi connectivity index (χ0v) is 14.4. The van der Waals surface area contributed by atoms with Crippen LogP contribution < -0.4 is 4.72 Å². The second kappa shape index (κ2) is 7.92. The van der Waals surface area contributed by atoms with Gasteiger partial charge >= 0.3 is 0 Å². The van der Waals surface area contributed by atoms with Gasteiger partial charge in [-0.1, -0.05) is 91.0 Å². The van der Waals surface area contributed by atoms with E-state index in [4.69, 9.17) is 0 Å². The summed E-state index contributed by atoms with van der Waals surface area (Å²) in [5.41, 5.74) is 2.62. The fourth-order valence-electron chi connectivity index (χ4n) is 2.56. The maximum absolute atomic E-state index is 12.6. The monoisotopic (exact) mass is 349 g/mol. The topological polar surface area (TPSA) is 46.2 Å². The molecule has 0 saturated carbocycles. The van der Waals surface area contributed by atoms with Gasteiger partial charge in [0.25, 0.3) is 0 Å². The van der Waals surface area contributed by atoms with E-state index in [0.717, 1.165) is 16.7 Å². The number of hydrogen-bond acceptors (Lipinski definition) is 2. The lowest BCUT2D eigenvalue weighted by molar-refractivity contribution is 0.581. The van der Waals surface area contributed by atoms with Crippen LogP contribution in [-0.2, 0) is 10.0 Å². The van der Waals surface area contributed by atoms with E-state index in [9.17, 15) is 8.42 Å². The lowest BCUT2D eigenvalue weighted by Gasteiger charge is -2.18. The van der Waals surface area contributed by atoms with Crippen molar-refractivity contribution in [3.8, 4) is 0 Å². The van der Waals surface area contributed by atoms with Crippen LogP contribution in [0.1, 0.15) is 22.7 Å². The molecule has 3 aromatic carbocycles. The molecule has 0 saturated heterocycles. The van der Waals surface area contributed by atoms with Gasteiger partial charge in [-0.2, -0.15) is 4.72 Å². The molecule has 0 amide bonds. The van der Waals surface area contributed by atoms with E-state index in [2.05, 4.69) is 4.72 Å². The fraction of sp³-hybridized carbons (Fsp3) is 0.0476. The Bertz CT molecular complexity index is 882. The number of hydrogen-bond donors (Lipinski definition) is 1. The lowest BCUT2D eigenvalue weighted by Crippen LogP contribution is -2.27. The number of nitrogens with one attached hydrogen (secondary N) is 1. The van der Waals surface area contributed by atoms with Gasteiger partial charge in [-0.15, -0.1) is 0 Å². The number of benzene rings is 3. The van der Waals surface area contributed by atoms with Crippen molar-refractivity contribution in [2.24, 2.45) is 0 Å². The Balaban J connectivity index is 1.88. The highest BCUT2D eigenvalue weighted by Crippen LogP contribution is 2.23. The van der Waals surface area contributed by atoms with Crippen molar-refractivity contribution in [1.82, 2.24) is 4.72 Å². The molecule has 3 aromatic rings. The molecule has 0 aliphatic carbocycles. The van der Waals surface area contributed by atoms with E-state index in [1.54, 1.807) is 6.08 Å². The van der Waals surface area contributed by atoms with Crippen LogP contribution in [0.3, 0.4) is 0 Å². The maximum atomic E-state index is 12.6. The minimum atomic E-state index is -3.61. The van der Waals surface area contributed by atoms with Gasteiger partial charge in [0.05, 0.1) is 6.04 Å². The molecule has 0 fully saturated rings. The summed E-state index contributed by atoms with van der Waals surface area (Å²) in [4.78, 5) is 0. The van der Waals surface area contributed by atoms with Crippen LogP contribution in [0.2, 0.25) is 0 Å². The highest BCUT2D eigenvalue weighted by atomic mass is 32.2. The molecular weight excluding hydrogens is 330 g/mol. The molecule has 0 atom stereocenters. The molecule has 0 aliphatic heterocycles. The predicted octanol–water partition coefficient (Wildman–Crippen LogP) is 4.37. The largest absolute Gasteiger partial charge is 0.234 e. The summed E-state index contributed by atoms with van der Waals surface area (Å²) in [7, 11) is -3.61. The molecule has 126 valence electrons. The van der Waals surface area contributed by atoms with Crippen LogP contribution in [0, 0.1) is 0 Å². The Hall–Kier alpha value is -2.69. The molecule has 1 N–H and O–H groups in total. The zero-order chi connectivity index (χ0) is 17.5. The molecule has 0 spiro atoms. The second-order valence-electron chi connectivity index (χ2n) is 5.63. The summed E-state index contributed by atoms with van der Waals surface area (Å²) in [6, 6.07) is 28.0. The first-order valence-corrected chi connectivity index (χ1v) is 9.54. The fourth-order valence-corrected chi connectivity index (χ4v) is 3.57. The molecule has 3 rings (SSSR count). The summed E-state index contributed by atoms with van der Waals surface area (Å²) in [5, 5.41) is 1.21. The van der Waals surface area contributed by atoms with Crippen LogP contribution >= 0.6 is 0 Å². The highest BCUT2D eigenvalue weighted by molar-refractivity contribution is 7.92. The number of rotatable bonds is 6. The van der Waals surface area contributed by atoms with E-state index in [0.29, 0.717) is 0 Å². The smallest absolute Gasteiger partial charge is 0.208 e. The molecule has 0 unspecified atom stereocenters. The van der Waals surface area contributed by atoms with Crippen molar-refractivity contribution >= 4 is 16.1 Å². The third-order valence-corrected chi connectivity index (χ3v) is 4.85. The molecule has 0 radical (unpaired) electrons. The molecule has 4 heteroatoms. The van der Waals surface area contributed by atoms with E-state index in [1.165, 1.54) is 5.41 Å². The first-order chi connectivity index (χ1) is 12.1. The predicted molar refractivity (Wildman–Crippen MR) is 102 cm³/mol. The van der Waals surface area contributed by atoms with Gasteiger partial charge in [0, 0.05) is 5.41 Å². The van der Waals surface area contributed by atoms with Crippen LogP contribution in [-0.4, -0.2) is 8.42 Å². The van der Waals surface area contributed by atoms with Gasteiger partial charge in [0.2, 0.25) is 10.0 Å².